The van der Waals surface area contributed by atoms with Crippen LogP contribution >= 0.6 is 24.0 Å². The minimum absolute atomic E-state index is 0.0264. The molecule has 1 atom stereocenters. The molecule has 1 unspecified atom stereocenters. The highest BCUT2D eigenvalue weighted by atomic mass is 32.2. The van der Waals surface area contributed by atoms with Gasteiger partial charge in [0.1, 0.15) is 6.61 Å². The van der Waals surface area contributed by atoms with Crippen LogP contribution in [0.25, 0.3) is 0 Å². The summed E-state index contributed by atoms with van der Waals surface area (Å²) in [6.45, 7) is 1.86. The lowest BCUT2D eigenvalue weighted by molar-refractivity contribution is 0.200. The summed E-state index contributed by atoms with van der Waals surface area (Å²) in [4.78, 5) is 2.47. The minimum atomic E-state index is -0.0264. The predicted molar refractivity (Wildman–Crippen MR) is 83.4 cm³/mol. The first-order valence-electron chi connectivity index (χ1n) is 7.26. The lowest BCUT2D eigenvalue weighted by Crippen LogP contribution is -2.33. The number of rotatable bonds is 6. The van der Waals surface area contributed by atoms with Gasteiger partial charge >= 0.3 is 0 Å². The van der Waals surface area contributed by atoms with Crippen LogP contribution in [0.15, 0.2) is 0 Å². The van der Waals surface area contributed by atoms with Crippen molar-refractivity contribution in [3.8, 4) is 0 Å². The second-order valence-electron chi connectivity index (χ2n) is 5.66. The van der Waals surface area contributed by atoms with E-state index in [4.69, 9.17) is 12.2 Å². The quantitative estimate of drug-likeness (QED) is 0.814. The van der Waals surface area contributed by atoms with E-state index in [-0.39, 0.29) is 6.61 Å². The molecule has 0 spiro atoms. The molecule has 2 fully saturated rings. The van der Waals surface area contributed by atoms with E-state index in [9.17, 15) is 5.11 Å². The van der Waals surface area contributed by atoms with Gasteiger partial charge in [-0.2, -0.15) is 16.9 Å². The third-order valence-electron chi connectivity index (χ3n) is 4.17. The van der Waals surface area contributed by atoms with E-state index in [0.717, 1.165) is 36.7 Å². The number of nitrogens with zero attached hydrogens (tertiary/aromatic N) is 4. The monoisotopic (exact) mass is 314 g/mol. The molecular formula is C13H22N4OS2. The Morgan fingerprint density at radius 3 is 2.85 bits per heavy atom. The van der Waals surface area contributed by atoms with E-state index in [1.54, 1.807) is 0 Å². The maximum atomic E-state index is 9.47. The highest BCUT2D eigenvalue weighted by molar-refractivity contribution is 7.98. The van der Waals surface area contributed by atoms with Crippen molar-refractivity contribution in [2.75, 3.05) is 18.6 Å². The van der Waals surface area contributed by atoms with Crippen molar-refractivity contribution in [3.05, 3.63) is 10.6 Å². The van der Waals surface area contributed by atoms with Crippen LogP contribution in [0.5, 0.6) is 0 Å². The Labute approximate surface area is 129 Å². The molecule has 0 bridgehead atoms. The molecule has 112 valence electrons. The van der Waals surface area contributed by atoms with Gasteiger partial charge < -0.3 is 5.11 Å². The first kappa shape index (κ1) is 14.6. The van der Waals surface area contributed by atoms with Gasteiger partial charge in [0.2, 0.25) is 0 Å². The third-order valence-corrected chi connectivity index (χ3v) is 5.29. The Kier molecular flexibility index (Phi) is 4.49. The number of hydrogen-bond acceptors (Lipinski definition) is 5. The molecular weight excluding hydrogens is 292 g/mol. The average molecular weight is 314 g/mol. The molecule has 1 aliphatic carbocycles. The molecule has 1 aromatic rings. The fourth-order valence-electron chi connectivity index (χ4n) is 3.00. The van der Waals surface area contributed by atoms with Crippen LogP contribution in [0.1, 0.15) is 37.5 Å². The van der Waals surface area contributed by atoms with Crippen molar-refractivity contribution in [1.29, 1.82) is 0 Å². The molecule has 1 aromatic heterocycles. The molecule has 20 heavy (non-hydrogen) atoms. The van der Waals surface area contributed by atoms with E-state index in [1.165, 1.54) is 18.6 Å². The molecule has 1 saturated heterocycles. The lowest BCUT2D eigenvalue weighted by Gasteiger charge is -2.23. The Morgan fingerprint density at radius 2 is 2.20 bits per heavy atom. The molecule has 1 aliphatic heterocycles. The highest BCUT2D eigenvalue weighted by Crippen LogP contribution is 2.36. The van der Waals surface area contributed by atoms with Gasteiger partial charge in [-0.3, -0.25) is 9.47 Å². The van der Waals surface area contributed by atoms with Crippen molar-refractivity contribution >= 4 is 24.0 Å². The highest BCUT2D eigenvalue weighted by Gasteiger charge is 2.29. The van der Waals surface area contributed by atoms with Gasteiger partial charge in [-0.1, -0.05) is 0 Å². The number of aliphatic hydroxyl groups excluding tert-OH is 1. The third kappa shape index (κ3) is 2.81. The zero-order chi connectivity index (χ0) is 14.1. The van der Waals surface area contributed by atoms with Crippen LogP contribution < -0.4 is 0 Å². The largest absolute Gasteiger partial charge is 0.388 e. The van der Waals surface area contributed by atoms with E-state index in [0.29, 0.717) is 12.1 Å². The summed E-state index contributed by atoms with van der Waals surface area (Å²) in [6.07, 6.45) is 7.00. The minimum Gasteiger partial charge on any atom is -0.388 e. The second-order valence-corrected chi connectivity index (χ2v) is 6.94. The van der Waals surface area contributed by atoms with E-state index in [2.05, 4.69) is 20.8 Å². The number of thioether (sulfide) groups is 1. The number of likely N-dealkylation sites (tertiary alicyclic amines) is 1. The van der Waals surface area contributed by atoms with Gasteiger partial charge in [0.15, 0.2) is 10.6 Å². The topological polar surface area (TPSA) is 46.2 Å². The van der Waals surface area contributed by atoms with Gasteiger partial charge in [0, 0.05) is 24.4 Å². The van der Waals surface area contributed by atoms with E-state index >= 15 is 0 Å². The SMILES string of the molecule is CSCC1CCCN1Cn1nc(CO)n(C2CC2)c1=S. The first-order chi connectivity index (χ1) is 9.74. The molecule has 0 amide bonds. The Bertz CT molecular complexity index is 523. The molecule has 3 rings (SSSR count). The number of aromatic nitrogens is 3. The summed E-state index contributed by atoms with van der Waals surface area (Å²) in [7, 11) is 0. The second kappa shape index (κ2) is 6.17. The molecule has 7 heteroatoms. The van der Waals surface area contributed by atoms with Crippen molar-refractivity contribution in [1.82, 2.24) is 19.2 Å². The van der Waals surface area contributed by atoms with Crippen LogP contribution in [0, 0.1) is 4.77 Å². The fourth-order valence-corrected chi connectivity index (χ4v) is 4.11. The summed E-state index contributed by atoms with van der Waals surface area (Å²) < 4.78 is 4.72. The Balaban J connectivity index is 1.78. The summed E-state index contributed by atoms with van der Waals surface area (Å²) in [6, 6.07) is 1.11. The van der Waals surface area contributed by atoms with Crippen molar-refractivity contribution < 1.29 is 5.11 Å². The molecule has 1 saturated carbocycles. The molecule has 1 N–H and O–H groups in total. The Morgan fingerprint density at radius 1 is 1.40 bits per heavy atom. The van der Waals surface area contributed by atoms with E-state index < -0.39 is 0 Å². The summed E-state index contributed by atoms with van der Waals surface area (Å²) in [5.41, 5.74) is 0. The van der Waals surface area contributed by atoms with Crippen LogP contribution in [0.4, 0.5) is 0 Å². The normalized spacial score (nSPS) is 23.6. The first-order valence-corrected chi connectivity index (χ1v) is 9.07. The Hall–Kier alpha value is -0.370. The maximum Gasteiger partial charge on any atom is 0.199 e. The van der Waals surface area contributed by atoms with E-state index in [1.807, 2.05) is 16.4 Å². The summed E-state index contributed by atoms with van der Waals surface area (Å²) in [5, 5.41) is 14.0. The summed E-state index contributed by atoms with van der Waals surface area (Å²) >= 11 is 7.46. The van der Waals surface area contributed by atoms with Gasteiger partial charge in [-0.05, 0) is 44.2 Å². The van der Waals surface area contributed by atoms with Crippen molar-refractivity contribution in [3.63, 3.8) is 0 Å². The maximum absolute atomic E-state index is 9.47. The van der Waals surface area contributed by atoms with Crippen molar-refractivity contribution in [2.45, 2.75) is 51.0 Å². The standard InChI is InChI=1S/C13H22N4OS2/c1-20-8-11-3-2-6-15(11)9-16-13(19)17(10-4-5-10)12(7-18)14-16/h10-11,18H,2-9H2,1H3. The van der Waals surface area contributed by atoms with Gasteiger partial charge in [0.05, 0.1) is 6.67 Å². The lowest BCUT2D eigenvalue weighted by atomic mass is 10.2. The predicted octanol–water partition coefficient (Wildman–Crippen LogP) is 2.03. The molecule has 2 aliphatic rings. The summed E-state index contributed by atoms with van der Waals surface area (Å²) in [5.74, 6) is 1.89. The molecule has 0 aromatic carbocycles. The van der Waals surface area contributed by atoms with Crippen LogP contribution in [-0.2, 0) is 13.3 Å². The smallest absolute Gasteiger partial charge is 0.199 e. The van der Waals surface area contributed by atoms with Crippen molar-refractivity contribution in [2.24, 2.45) is 0 Å². The number of hydrogen-bond donors (Lipinski definition) is 1. The molecule has 2 heterocycles. The molecule has 0 radical (unpaired) electrons. The van der Waals surface area contributed by atoms with Crippen LogP contribution in [0.2, 0.25) is 0 Å². The van der Waals surface area contributed by atoms with Gasteiger partial charge in [0.25, 0.3) is 0 Å². The zero-order valence-electron chi connectivity index (χ0n) is 11.9. The fraction of sp³-hybridized carbons (Fsp3) is 0.846. The zero-order valence-corrected chi connectivity index (χ0v) is 13.5. The molecule has 5 nitrogen and oxygen atoms in total. The van der Waals surface area contributed by atoms with Gasteiger partial charge in [-0.15, -0.1) is 0 Å². The van der Waals surface area contributed by atoms with Crippen LogP contribution in [0.3, 0.4) is 0 Å². The van der Waals surface area contributed by atoms with Crippen LogP contribution in [-0.4, -0.2) is 48.9 Å². The average Bonchev–Trinajstić information content (AvgIpc) is 3.11. The van der Waals surface area contributed by atoms with Gasteiger partial charge in [-0.25, -0.2) is 4.68 Å². The number of aliphatic hydroxyl groups is 1.